The third-order valence-electron chi connectivity index (χ3n) is 3.15. The predicted octanol–water partition coefficient (Wildman–Crippen LogP) is 2.61. The summed E-state index contributed by atoms with van der Waals surface area (Å²) in [5.74, 6) is 0.0624. The summed E-state index contributed by atoms with van der Waals surface area (Å²) in [6, 6.07) is 4.74. The Bertz CT molecular complexity index is 438. The minimum atomic E-state index is -4.34. The van der Waals surface area contributed by atoms with Crippen molar-refractivity contribution in [2.45, 2.75) is 31.0 Å². The lowest BCUT2D eigenvalue weighted by Gasteiger charge is -2.23. The second kappa shape index (κ2) is 3.84. The van der Waals surface area contributed by atoms with Gasteiger partial charge in [0.25, 0.3) is 0 Å². The highest BCUT2D eigenvalue weighted by Gasteiger charge is 2.37. The maximum Gasteiger partial charge on any atom is 0.416 e. The van der Waals surface area contributed by atoms with Gasteiger partial charge in [0.15, 0.2) is 0 Å². The maximum absolute atomic E-state index is 12.4. The predicted molar refractivity (Wildman–Crippen MR) is 56.2 cm³/mol. The van der Waals surface area contributed by atoms with Crippen LogP contribution in [0.2, 0.25) is 0 Å². The smallest absolute Gasteiger partial charge is 0.321 e. The van der Waals surface area contributed by atoms with Crippen LogP contribution >= 0.6 is 0 Å². The van der Waals surface area contributed by atoms with E-state index in [1.54, 1.807) is 0 Å². The molecule has 1 aromatic rings. The molecule has 92 valence electrons. The summed E-state index contributed by atoms with van der Waals surface area (Å²) in [4.78, 5) is 11.2. The highest BCUT2D eigenvalue weighted by Crippen LogP contribution is 2.36. The Morgan fingerprint density at radius 1 is 1.18 bits per heavy atom. The fraction of sp³-hybridized carbons (Fsp3) is 0.417. The fourth-order valence-corrected chi connectivity index (χ4v) is 2.13. The van der Waals surface area contributed by atoms with E-state index in [2.05, 4.69) is 0 Å². The summed E-state index contributed by atoms with van der Waals surface area (Å²) in [6.07, 6.45) is -3.24. The van der Waals surface area contributed by atoms with Crippen molar-refractivity contribution < 1.29 is 18.0 Å². The number of carbonyl (C=O) groups excluding carboxylic acids is 1. The van der Waals surface area contributed by atoms with Gasteiger partial charge in [0, 0.05) is 18.4 Å². The Balaban J connectivity index is 2.27. The zero-order valence-electron chi connectivity index (χ0n) is 9.05. The second-order valence-corrected chi connectivity index (χ2v) is 4.45. The van der Waals surface area contributed by atoms with Crippen molar-refractivity contribution in [2.75, 3.05) is 0 Å². The molecule has 0 bridgehead atoms. The Morgan fingerprint density at radius 2 is 1.76 bits per heavy atom. The third-order valence-corrected chi connectivity index (χ3v) is 3.15. The average molecular weight is 243 g/mol. The van der Waals surface area contributed by atoms with Gasteiger partial charge in [-0.2, -0.15) is 13.2 Å². The Labute approximate surface area is 96.6 Å². The van der Waals surface area contributed by atoms with Gasteiger partial charge < -0.3 is 5.73 Å². The first-order valence-electron chi connectivity index (χ1n) is 5.30. The first kappa shape index (κ1) is 12.1. The molecular formula is C12H12F3NO. The molecule has 17 heavy (non-hydrogen) atoms. The van der Waals surface area contributed by atoms with Crippen LogP contribution in [0.15, 0.2) is 24.3 Å². The summed E-state index contributed by atoms with van der Waals surface area (Å²) < 4.78 is 37.1. The maximum atomic E-state index is 12.4. The van der Waals surface area contributed by atoms with Crippen LogP contribution in [-0.4, -0.2) is 5.78 Å². The zero-order chi connectivity index (χ0) is 12.7. The van der Waals surface area contributed by atoms with E-state index in [4.69, 9.17) is 5.73 Å². The number of Topliss-reactive ketones (excluding diaryl/α,β-unsaturated/α-hetero) is 1. The molecule has 2 nitrogen and oxygen atoms in total. The van der Waals surface area contributed by atoms with Crippen LogP contribution in [-0.2, 0) is 16.5 Å². The molecule has 1 saturated carbocycles. The number of halogens is 3. The number of alkyl halides is 3. The van der Waals surface area contributed by atoms with Gasteiger partial charge in [-0.25, -0.2) is 0 Å². The molecule has 2 N–H and O–H groups in total. The van der Waals surface area contributed by atoms with E-state index < -0.39 is 17.3 Å². The van der Waals surface area contributed by atoms with E-state index in [1.807, 2.05) is 0 Å². The van der Waals surface area contributed by atoms with Gasteiger partial charge in [-0.1, -0.05) is 12.1 Å². The van der Waals surface area contributed by atoms with Crippen LogP contribution < -0.4 is 5.73 Å². The highest BCUT2D eigenvalue weighted by molar-refractivity contribution is 5.82. The van der Waals surface area contributed by atoms with Crippen LogP contribution in [0.3, 0.4) is 0 Å². The van der Waals surface area contributed by atoms with Gasteiger partial charge in [0.2, 0.25) is 0 Å². The van der Waals surface area contributed by atoms with Crippen LogP contribution in [0.4, 0.5) is 13.2 Å². The van der Waals surface area contributed by atoms with Crippen LogP contribution in [0.25, 0.3) is 0 Å². The lowest BCUT2D eigenvalue weighted by atomic mass is 9.89. The van der Waals surface area contributed by atoms with Gasteiger partial charge >= 0.3 is 6.18 Å². The number of nitrogens with two attached hydrogens (primary N) is 1. The van der Waals surface area contributed by atoms with E-state index in [9.17, 15) is 18.0 Å². The van der Waals surface area contributed by atoms with Crippen molar-refractivity contribution in [1.82, 2.24) is 0 Å². The van der Waals surface area contributed by atoms with E-state index >= 15 is 0 Å². The van der Waals surface area contributed by atoms with Crippen molar-refractivity contribution in [3.05, 3.63) is 35.4 Å². The minimum absolute atomic E-state index is 0.0624. The molecule has 0 amide bonds. The normalized spacial score (nSPS) is 25.3. The molecule has 1 aliphatic carbocycles. The number of benzene rings is 1. The van der Waals surface area contributed by atoms with Crippen LogP contribution in [0.5, 0.6) is 0 Å². The zero-order valence-corrected chi connectivity index (χ0v) is 9.05. The molecule has 5 heteroatoms. The molecule has 1 atom stereocenters. The van der Waals surface area contributed by atoms with Crippen molar-refractivity contribution in [2.24, 2.45) is 5.73 Å². The molecule has 0 heterocycles. The Kier molecular flexibility index (Phi) is 2.73. The molecule has 0 aromatic heterocycles. The molecule has 0 spiro atoms. The monoisotopic (exact) mass is 243 g/mol. The van der Waals surface area contributed by atoms with Gasteiger partial charge in [0.05, 0.1) is 5.56 Å². The first-order valence-corrected chi connectivity index (χ1v) is 5.30. The van der Waals surface area contributed by atoms with Gasteiger partial charge in [-0.3, -0.25) is 4.79 Å². The average Bonchev–Trinajstić information content (AvgIpc) is 2.59. The summed E-state index contributed by atoms with van der Waals surface area (Å²) >= 11 is 0. The van der Waals surface area contributed by atoms with E-state index in [1.165, 1.54) is 12.1 Å². The molecule has 0 radical (unpaired) electrons. The van der Waals surface area contributed by atoms with Crippen molar-refractivity contribution in [1.29, 1.82) is 0 Å². The summed E-state index contributed by atoms with van der Waals surface area (Å²) in [5, 5.41) is 0. The highest BCUT2D eigenvalue weighted by atomic mass is 19.4. The van der Waals surface area contributed by atoms with Crippen molar-refractivity contribution >= 4 is 5.78 Å². The van der Waals surface area contributed by atoms with Gasteiger partial charge in [-0.15, -0.1) is 0 Å². The number of carbonyl (C=O) groups is 1. The number of rotatable bonds is 1. The SMILES string of the molecule is NC1(c2ccc(C(F)(F)F)cc2)CCC(=O)C1. The standard InChI is InChI=1S/C12H12F3NO/c13-12(14,15)9-3-1-8(2-4-9)11(16)6-5-10(17)7-11/h1-4H,5-7,16H2. The summed E-state index contributed by atoms with van der Waals surface area (Å²) in [6.45, 7) is 0. The summed E-state index contributed by atoms with van der Waals surface area (Å²) in [7, 11) is 0. The minimum Gasteiger partial charge on any atom is -0.321 e. The largest absolute Gasteiger partial charge is 0.416 e. The molecule has 1 fully saturated rings. The number of hydrogen-bond acceptors (Lipinski definition) is 2. The topological polar surface area (TPSA) is 43.1 Å². The molecule has 1 unspecified atom stereocenters. The number of ketones is 1. The molecule has 1 aromatic carbocycles. The molecule has 0 aliphatic heterocycles. The molecule has 2 rings (SSSR count). The van der Waals surface area contributed by atoms with Crippen LogP contribution in [0.1, 0.15) is 30.4 Å². The lowest BCUT2D eigenvalue weighted by Crippen LogP contribution is -2.33. The third kappa shape index (κ3) is 2.34. The van der Waals surface area contributed by atoms with E-state index in [0.717, 1.165) is 12.1 Å². The second-order valence-electron chi connectivity index (χ2n) is 4.45. The quantitative estimate of drug-likeness (QED) is 0.823. The molecule has 0 saturated heterocycles. The van der Waals surface area contributed by atoms with Crippen LogP contribution in [0, 0.1) is 0 Å². The lowest BCUT2D eigenvalue weighted by molar-refractivity contribution is -0.137. The van der Waals surface area contributed by atoms with Gasteiger partial charge in [-0.05, 0) is 24.1 Å². The van der Waals surface area contributed by atoms with E-state index in [-0.39, 0.29) is 12.2 Å². The van der Waals surface area contributed by atoms with E-state index in [0.29, 0.717) is 18.4 Å². The van der Waals surface area contributed by atoms with Gasteiger partial charge in [0.1, 0.15) is 5.78 Å². The number of hydrogen-bond donors (Lipinski definition) is 1. The molecular weight excluding hydrogens is 231 g/mol. The summed E-state index contributed by atoms with van der Waals surface area (Å²) in [5.41, 5.74) is 5.13. The first-order chi connectivity index (χ1) is 7.81. The Morgan fingerprint density at radius 3 is 2.18 bits per heavy atom. The fourth-order valence-electron chi connectivity index (χ4n) is 2.13. The van der Waals surface area contributed by atoms with Crippen molar-refractivity contribution in [3.63, 3.8) is 0 Å². The van der Waals surface area contributed by atoms with Crippen molar-refractivity contribution in [3.8, 4) is 0 Å². The molecule has 1 aliphatic rings. The Hall–Kier alpha value is -1.36.